The quantitative estimate of drug-likeness (QED) is 0.831. The predicted octanol–water partition coefficient (Wildman–Crippen LogP) is 3.50. The number of amides is 1. The minimum absolute atomic E-state index is 0.0349. The molecule has 0 aliphatic heterocycles. The summed E-state index contributed by atoms with van der Waals surface area (Å²) >= 11 is 1.65. The lowest BCUT2D eigenvalue weighted by Gasteiger charge is -2.06. The number of hydrogen-bond acceptors (Lipinski definition) is 4. The predicted molar refractivity (Wildman–Crippen MR) is 83.7 cm³/mol. The second-order valence-electron chi connectivity index (χ2n) is 4.43. The van der Waals surface area contributed by atoms with Gasteiger partial charge in [-0.2, -0.15) is 0 Å². The van der Waals surface area contributed by atoms with Crippen LogP contribution < -0.4 is 5.32 Å². The van der Waals surface area contributed by atoms with Crippen molar-refractivity contribution in [3.8, 4) is 0 Å². The van der Waals surface area contributed by atoms with Crippen LogP contribution in [-0.4, -0.2) is 18.5 Å². The lowest BCUT2D eigenvalue weighted by Crippen LogP contribution is -2.12. The Morgan fingerprint density at radius 2 is 1.95 bits per heavy atom. The molecule has 0 atom stereocenters. The first-order chi connectivity index (χ1) is 10.2. The molecular weight excluding hydrogens is 286 g/mol. The van der Waals surface area contributed by atoms with E-state index in [1.165, 1.54) is 4.88 Å². The van der Waals surface area contributed by atoms with Crippen molar-refractivity contribution in [2.24, 2.45) is 0 Å². The number of nitrogens with one attached hydrogen (secondary N) is 1. The van der Waals surface area contributed by atoms with E-state index in [0.717, 1.165) is 6.42 Å². The number of carbonyl (C=O) groups is 2. The summed E-state index contributed by atoms with van der Waals surface area (Å²) in [6, 6.07) is 10.7. The maximum atomic E-state index is 11.8. The van der Waals surface area contributed by atoms with Crippen molar-refractivity contribution in [2.75, 3.05) is 11.9 Å². The van der Waals surface area contributed by atoms with Gasteiger partial charge in [-0.1, -0.05) is 6.07 Å². The Morgan fingerprint density at radius 3 is 2.57 bits per heavy atom. The molecule has 0 aliphatic rings. The Kier molecular flexibility index (Phi) is 5.51. The molecule has 0 aliphatic carbocycles. The molecule has 1 amide bonds. The van der Waals surface area contributed by atoms with Crippen LogP contribution >= 0.6 is 11.3 Å². The highest BCUT2D eigenvalue weighted by molar-refractivity contribution is 7.09. The van der Waals surface area contributed by atoms with Gasteiger partial charge in [0.2, 0.25) is 5.91 Å². The van der Waals surface area contributed by atoms with Gasteiger partial charge in [0.15, 0.2) is 0 Å². The van der Waals surface area contributed by atoms with Crippen LogP contribution in [0.25, 0.3) is 0 Å². The smallest absolute Gasteiger partial charge is 0.338 e. The molecule has 21 heavy (non-hydrogen) atoms. The molecule has 1 aromatic carbocycles. The number of ether oxygens (including phenoxy) is 1. The third-order valence-electron chi connectivity index (χ3n) is 2.86. The van der Waals surface area contributed by atoms with Crippen molar-refractivity contribution in [3.05, 3.63) is 52.2 Å². The van der Waals surface area contributed by atoms with Gasteiger partial charge in [0.25, 0.3) is 0 Å². The maximum Gasteiger partial charge on any atom is 0.338 e. The third kappa shape index (κ3) is 4.72. The van der Waals surface area contributed by atoms with Gasteiger partial charge >= 0.3 is 5.97 Å². The molecule has 2 rings (SSSR count). The molecule has 0 saturated heterocycles. The SMILES string of the molecule is CCOC(=O)c1ccc(NC(=O)CCc2cccs2)cc1. The molecule has 5 heteroatoms. The lowest BCUT2D eigenvalue weighted by atomic mass is 10.2. The lowest BCUT2D eigenvalue weighted by molar-refractivity contribution is -0.116. The Labute approximate surface area is 127 Å². The standard InChI is InChI=1S/C16H17NO3S/c1-2-20-16(19)12-5-7-13(8-6-12)17-15(18)10-9-14-4-3-11-21-14/h3-8,11H,2,9-10H2,1H3,(H,17,18). The molecule has 1 aromatic heterocycles. The van der Waals surface area contributed by atoms with E-state index in [1.54, 1.807) is 42.5 Å². The van der Waals surface area contributed by atoms with E-state index in [1.807, 2.05) is 17.5 Å². The summed E-state index contributed by atoms with van der Waals surface area (Å²) in [7, 11) is 0. The van der Waals surface area contributed by atoms with Crippen LogP contribution in [0.2, 0.25) is 0 Å². The highest BCUT2D eigenvalue weighted by Gasteiger charge is 2.07. The number of benzene rings is 1. The first-order valence-electron chi connectivity index (χ1n) is 6.78. The monoisotopic (exact) mass is 303 g/mol. The molecule has 2 aromatic rings. The highest BCUT2D eigenvalue weighted by atomic mass is 32.1. The fraction of sp³-hybridized carbons (Fsp3) is 0.250. The summed E-state index contributed by atoms with van der Waals surface area (Å²) in [6.45, 7) is 2.11. The van der Waals surface area contributed by atoms with Crippen molar-refractivity contribution in [1.29, 1.82) is 0 Å². The normalized spacial score (nSPS) is 10.1. The minimum Gasteiger partial charge on any atom is -0.462 e. The van der Waals surface area contributed by atoms with Gasteiger partial charge < -0.3 is 10.1 Å². The van der Waals surface area contributed by atoms with Crippen molar-refractivity contribution in [2.45, 2.75) is 19.8 Å². The van der Waals surface area contributed by atoms with Gasteiger partial charge in [-0.05, 0) is 49.1 Å². The third-order valence-corrected chi connectivity index (χ3v) is 3.79. The minimum atomic E-state index is -0.354. The first-order valence-corrected chi connectivity index (χ1v) is 7.66. The molecule has 1 N–H and O–H groups in total. The molecule has 0 radical (unpaired) electrons. The number of anilines is 1. The average molecular weight is 303 g/mol. The van der Waals surface area contributed by atoms with E-state index in [-0.39, 0.29) is 11.9 Å². The Balaban J connectivity index is 1.85. The first kappa shape index (κ1) is 15.3. The summed E-state index contributed by atoms with van der Waals surface area (Å²) in [5.41, 5.74) is 1.16. The van der Waals surface area contributed by atoms with Crippen molar-refractivity contribution in [1.82, 2.24) is 0 Å². The zero-order valence-corrected chi connectivity index (χ0v) is 12.6. The second-order valence-corrected chi connectivity index (χ2v) is 5.46. The summed E-state index contributed by atoms with van der Waals surface area (Å²) in [5.74, 6) is -0.389. The molecule has 0 spiro atoms. The number of rotatable bonds is 6. The molecule has 0 fully saturated rings. The van der Waals surface area contributed by atoms with Crippen molar-refractivity contribution in [3.63, 3.8) is 0 Å². The summed E-state index contributed by atoms with van der Waals surface area (Å²) < 4.78 is 4.90. The van der Waals surface area contributed by atoms with E-state index < -0.39 is 0 Å². The van der Waals surface area contributed by atoms with Crippen molar-refractivity contribution >= 4 is 28.9 Å². The molecule has 0 bridgehead atoms. The Morgan fingerprint density at radius 1 is 1.19 bits per heavy atom. The number of esters is 1. The van der Waals surface area contributed by atoms with Crippen LogP contribution in [0.5, 0.6) is 0 Å². The molecular formula is C16H17NO3S. The van der Waals surface area contributed by atoms with Crippen LogP contribution in [0.4, 0.5) is 5.69 Å². The van der Waals surface area contributed by atoms with Crippen LogP contribution in [-0.2, 0) is 16.0 Å². The molecule has 0 unspecified atom stereocenters. The van der Waals surface area contributed by atoms with Crippen LogP contribution in [0.15, 0.2) is 41.8 Å². The fourth-order valence-electron chi connectivity index (χ4n) is 1.82. The summed E-state index contributed by atoms with van der Waals surface area (Å²) in [5, 5.41) is 4.82. The van der Waals surface area contributed by atoms with Gasteiger partial charge in [-0.15, -0.1) is 11.3 Å². The Bertz CT molecular complexity index is 590. The van der Waals surface area contributed by atoms with E-state index in [9.17, 15) is 9.59 Å². The van der Waals surface area contributed by atoms with Crippen LogP contribution in [0.3, 0.4) is 0 Å². The zero-order valence-electron chi connectivity index (χ0n) is 11.8. The van der Waals surface area contributed by atoms with Gasteiger partial charge in [0.05, 0.1) is 12.2 Å². The number of carbonyl (C=O) groups excluding carboxylic acids is 2. The van der Waals surface area contributed by atoms with Crippen LogP contribution in [0.1, 0.15) is 28.6 Å². The molecule has 110 valence electrons. The number of aryl methyl sites for hydroxylation is 1. The Hall–Kier alpha value is -2.14. The highest BCUT2D eigenvalue weighted by Crippen LogP contribution is 2.13. The number of thiophene rings is 1. The van der Waals surface area contributed by atoms with Gasteiger partial charge in [-0.3, -0.25) is 4.79 Å². The van der Waals surface area contributed by atoms with E-state index >= 15 is 0 Å². The summed E-state index contributed by atoms with van der Waals surface area (Å²) in [6.07, 6.45) is 1.19. The topological polar surface area (TPSA) is 55.4 Å². The molecule has 1 heterocycles. The van der Waals surface area contributed by atoms with Crippen molar-refractivity contribution < 1.29 is 14.3 Å². The van der Waals surface area contributed by atoms with E-state index in [0.29, 0.717) is 24.3 Å². The maximum absolute atomic E-state index is 11.8. The van der Waals surface area contributed by atoms with E-state index in [2.05, 4.69) is 5.32 Å². The average Bonchev–Trinajstić information content (AvgIpc) is 2.99. The number of hydrogen-bond donors (Lipinski definition) is 1. The second kappa shape index (κ2) is 7.59. The summed E-state index contributed by atoms with van der Waals surface area (Å²) in [4.78, 5) is 24.5. The fourth-order valence-corrected chi connectivity index (χ4v) is 2.53. The molecule has 0 saturated carbocycles. The molecule has 4 nitrogen and oxygen atoms in total. The van der Waals surface area contributed by atoms with Gasteiger partial charge in [-0.25, -0.2) is 4.79 Å². The largest absolute Gasteiger partial charge is 0.462 e. The van der Waals surface area contributed by atoms with Gasteiger partial charge in [0.1, 0.15) is 0 Å². The van der Waals surface area contributed by atoms with E-state index in [4.69, 9.17) is 4.74 Å². The van der Waals surface area contributed by atoms with Crippen LogP contribution in [0, 0.1) is 0 Å². The van der Waals surface area contributed by atoms with Gasteiger partial charge in [0, 0.05) is 17.0 Å². The zero-order chi connectivity index (χ0) is 15.1.